The van der Waals surface area contributed by atoms with Crippen molar-refractivity contribution in [3.05, 3.63) is 59.7 Å². The largest absolute Gasteiger partial charge is 0.490 e. The summed E-state index contributed by atoms with van der Waals surface area (Å²) in [6.07, 6.45) is 3.39. The van der Waals surface area contributed by atoms with Crippen LogP contribution in [0.2, 0.25) is 0 Å². The van der Waals surface area contributed by atoms with Crippen molar-refractivity contribution < 1.29 is 9.47 Å². The fourth-order valence-corrected chi connectivity index (χ4v) is 5.19. The van der Waals surface area contributed by atoms with Gasteiger partial charge in [0.1, 0.15) is 5.03 Å². The van der Waals surface area contributed by atoms with Gasteiger partial charge in [0.2, 0.25) is 5.88 Å². The number of hydrogen-bond donors (Lipinski definition) is 0. The van der Waals surface area contributed by atoms with Crippen molar-refractivity contribution in [1.82, 2.24) is 14.9 Å². The molecule has 0 N–H and O–H groups in total. The van der Waals surface area contributed by atoms with Gasteiger partial charge in [0.15, 0.2) is 17.3 Å². The van der Waals surface area contributed by atoms with Crippen LogP contribution < -0.4 is 9.47 Å². The normalized spacial score (nSPS) is 15.3. The molecule has 31 heavy (non-hydrogen) atoms. The summed E-state index contributed by atoms with van der Waals surface area (Å²) in [5.74, 6) is 3.93. The number of likely N-dealkylation sites (tertiary alicyclic amines) is 1. The van der Waals surface area contributed by atoms with Crippen LogP contribution in [0, 0.1) is 0 Å². The average Bonchev–Trinajstić information content (AvgIpc) is 3.32. The lowest BCUT2D eigenvalue weighted by Crippen LogP contribution is -2.22. The van der Waals surface area contributed by atoms with Crippen molar-refractivity contribution >= 4 is 11.8 Å². The van der Waals surface area contributed by atoms with Gasteiger partial charge in [-0.1, -0.05) is 42.5 Å². The van der Waals surface area contributed by atoms with Gasteiger partial charge in [-0.2, -0.15) is 4.98 Å². The van der Waals surface area contributed by atoms with Gasteiger partial charge < -0.3 is 14.4 Å². The number of aromatic nitrogens is 2. The summed E-state index contributed by atoms with van der Waals surface area (Å²) in [5, 5.41) is 1.02. The summed E-state index contributed by atoms with van der Waals surface area (Å²) in [6.45, 7) is 6.11. The summed E-state index contributed by atoms with van der Waals surface area (Å²) < 4.78 is 12.2. The van der Waals surface area contributed by atoms with Crippen LogP contribution in [0.4, 0.5) is 0 Å². The molecule has 0 spiro atoms. The molecule has 1 fully saturated rings. The van der Waals surface area contributed by atoms with Crippen molar-refractivity contribution in [2.24, 2.45) is 0 Å². The lowest BCUT2D eigenvalue weighted by Gasteiger charge is -2.23. The highest BCUT2D eigenvalue weighted by Crippen LogP contribution is 2.44. The standard InChI is InChI=1S/C25H27N3O2S/c1-2-29-21-12-8-11-19-17-20-24(30-22(19)21)26-23(18-9-4-3-5-10-18)27-25(20)31-16-15-28-13-6-7-14-28/h3-5,8-12H,2,6-7,13-17H2,1H3. The highest BCUT2D eigenvalue weighted by atomic mass is 32.2. The SMILES string of the molecule is CCOc1cccc2c1Oc1nc(-c3ccccc3)nc(SCCN3CCCC3)c1C2. The van der Waals surface area contributed by atoms with Gasteiger partial charge in [-0.3, -0.25) is 0 Å². The van der Waals surface area contributed by atoms with Crippen LogP contribution >= 0.6 is 11.8 Å². The van der Waals surface area contributed by atoms with E-state index in [1.54, 1.807) is 0 Å². The second-order valence-electron chi connectivity index (χ2n) is 7.86. The van der Waals surface area contributed by atoms with Gasteiger partial charge >= 0.3 is 0 Å². The Bertz CT molecular complexity index is 1050. The van der Waals surface area contributed by atoms with Crippen LogP contribution in [-0.2, 0) is 6.42 Å². The van der Waals surface area contributed by atoms with Gasteiger partial charge in [-0.15, -0.1) is 11.8 Å². The number of nitrogens with zero attached hydrogens (tertiary/aromatic N) is 3. The van der Waals surface area contributed by atoms with E-state index in [4.69, 9.17) is 19.4 Å². The highest BCUT2D eigenvalue weighted by Gasteiger charge is 2.26. The third-order valence-electron chi connectivity index (χ3n) is 5.73. The molecule has 0 atom stereocenters. The number of benzene rings is 2. The third kappa shape index (κ3) is 4.41. The molecule has 5 rings (SSSR count). The Labute approximate surface area is 187 Å². The van der Waals surface area contributed by atoms with Gasteiger partial charge in [-0.25, -0.2) is 4.98 Å². The van der Waals surface area contributed by atoms with Crippen LogP contribution in [0.25, 0.3) is 11.4 Å². The van der Waals surface area contributed by atoms with E-state index in [0.717, 1.165) is 51.9 Å². The highest BCUT2D eigenvalue weighted by molar-refractivity contribution is 7.99. The maximum absolute atomic E-state index is 6.34. The minimum absolute atomic E-state index is 0.601. The number of ether oxygens (including phenoxy) is 2. The maximum atomic E-state index is 6.34. The van der Waals surface area contributed by atoms with E-state index in [1.807, 2.05) is 61.2 Å². The van der Waals surface area contributed by atoms with E-state index in [2.05, 4.69) is 11.0 Å². The Kier molecular flexibility index (Phi) is 6.09. The van der Waals surface area contributed by atoms with Crippen LogP contribution in [0.5, 0.6) is 17.4 Å². The molecule has 0 unspecified atom stereocenters. The summed E-state index contributed by atoms with van der Waals surface area (Å²) in [6, 6.07) is 16.2. The molecule has 2 aliphatic rings. The van der Waals surface area contributed by atoms with E-state index in [9.17, 15) is 0 Å². The summed E-state index contributed by atoms with van der Waals surface area (Å²) in [4.78, 5) is 12.3. The molecule has 0 saturated carbocycles. The zero-order valence-electron chi connectivity index (χ0n) is 17.8. The second kappa shape index (κ2) is 9.28. The minimum atomic E-state index is 0.601. The van der Waals surface area contributed by atoms with Crippen LogP contribution in [0.15, 0.2) is 53.6 Å². The molecule has 0 bridgehead atoms. The first-order chi connectivity index (χ1) is 15.3. The molecule has 0 radical (unpaired) electrons. The molecule has 0 amide bonds. The Morgan fingerprint density at radius 3 is 2.68 bits per heavy atom. The van der Waals surface area contributed by atoms with Gasteiger partial charge in [0, 0.05) is 29.8 Å². The summed E-state index contributed by atoms with van der Waals surface area (Å²) in [5.41, 5.74) is 3.20. The summed E-state index contributed by atoms with van der Waals surface area (Å²) in [7, 11) is 0. The predicted octanol–water partition coefficient (Wildman–Crippen LogP) is 5.43. The zero-order chi connectivity index (χ0) is 21.0. The third-order valence-corrected chi connectivity index (χ3v) is 6.73. The maximum Gasteiger partial charge on any atom is 0.227 e. The minimum Gasteiger partial charge on any atom is -0.490 e. The van der Waals surface area contributed by atoms with Crippen molar-refractivity contribution in [2.75, 3.05) is 32.0 Å². The van der Waals surface area contributed by atoms with E-state index in [0.29, 0.717) is 18.3 Å². The van der Waals surface area contributed by atoms with Gasteiger partial charge in [0.25, 0.3) is 0 Å². The smallest absolute Gasteiger partial charge is 0.227 e. The Morgan fingerprint density at radius 1 is 1.03 bits per heavy atom. The summed E-state index contributed by atoms with van der Waals surface area (Å²) >= 11 is 1.82. The molecular formula is C25H27N3O2S. The van der Waals surface area contributed by atoms with Crippen molar-refractivity contribution in [3.63, 3.8) is 0 Å². The molecule has 0 aliphatic carbocycles. The first-order valence-electron chi connectivity index (χ1n) is 11.1. The van der Waals surface area contributed by atoms with Crippen molar-refractivity contribution in [3.8, 4) is 28.8 Å². The Hall–Kier alpha value is -2.57. The molecule has 1 saturated heterocycles. The van der Waals surface area contributed by atoms with E-state index in [-0.39, 0.29) is 0 Å². The number of rotatable bonds is 7. The van der Waals surface area contributed by atoms with Crippen LogP contribution in [-0.4, -0.2) is 46.9 Å². The molecule has 3 aromatic rings. The molecule has 1 aromatic heterocycles. The topological polar surface area (TPSA) is 47.5 Å². The number of para-hydroxylation sites is 1. The first-order valence-corrected chi connectivity index (χ1v) is 12.0. The second-order valence-corrected chi connectivity index (χ2v) is 8.94. The van der Waals surface area contributed by atoms with E-state index >= 15 is 0 Å². The zero-order valence-corrected chi connectivity index (χ0v) is 18.7. The molecule has 5 nitrogen and oxygen atoms in total. The molecular weight excluding hydrogens is 406 g/mol. The predicted molar refractivity (Wildman–Crippen MR) is 124 cm³/mol. The fraction of sp³-hybridized carbons (Fsp3) is 0.360. The number of thioether (sulfide) groups is 1. The number of fused-ring (bicyclic) bond motifs is 2. The first kappa shape index (κ1) is 20.3. The van der Waals surface area contributed by atoms with Gasteiger partial charge in [0.05, 0.1) is 12.2 Å². The van der Waals surface area contributed by atoms with Crippen LogP contribution in [0.1, 0.15) is 30.9 Å². The average molecular weight is 434 g/mol. The fourth-order valence-electron chi connectivity index (χ4n) is 4.17. The molecule has 6 heteroatoms. The van der Waals surface area contributed by atoms with Crippen LogP contribution in [0.3, 0.4) is 0 Å². The molecule has 3 heterocycles. The molecule has 2 aliphatic heterocycles. The molecule has 2 aromatic carbocycles. The van der Waals surface area contributed by atoms with Crippen molar-refractivity contribution in [1.29, 1.82) is 0 Å². The lowest BCUT2D eigenvalue weighted by atomic mass is 10.0. The lowest BCUT2D eigenvalue weighted by molar-refractivity contribution is 0.315. The van der Waals surface area contributed by atoms with E-state index in [1.165, 1.54) is 25.9 Å². The monoisotopic (exact) mass is 433 g/mol. The number of hydrogen-bond acceptors (Lipinski definition) is 6. The Balaban J connectivity index is 1.48. The Morgan fingerprint density at radius 2 is 1.87 bits per heavy atom. The quantitative estimate of drug-likeness (QED) is 0.286. The molecule has 160 valence electrons. The van der Waals surface area contributed by atoms with Gasteiger partial charge in [-0.05, 0) is 38.9 Å². The van der Waals surface area contributed by atoms with Crippen molar-refractivity contribution in [2.45, 2.75) is 31.2 Å². The van der Waals surface area contributed by atoms with E-state index < -0.39 is 0 Å².